The average molecular weight is 624 g/mol. The van der Waals surface area contributed by atoms with E-state index in [1.54, 1.807) is 18.2 Å². The molecule has 1 atom stereocenters. The van der Waals surface area contributed by atoms with Gasteiger partial charge in [0.05, 0.1) is 21.6 Å². The Morgan fingerprint density at radius 2 is 1.84 bits per heavy atom. The van der Waals surface area contributed by atoms with E-state index in [2.05, 4.69) is 9.98 Å². The number of nitrogen functional groups attached to an aromatic ring is 1. The van der Waals surface area contributed by atoms with Crippen molar-refractivity contribution in [2.45, 2.75) is 16.0 Å². The zero-order chi connectivity index (χ0) is 31.8. The second kappa shape index (κ2) is 11.7. The number of ether oxygens (including phenoxy) is 2. The summed E-state index contributed by atoms with van der Waals surface area (Å²) in [4.78, 5) is 20.6. The molecule has 1 aromatic heterocycles. The molecular formula is C29H23F2N5O7S. The van der Waals surface area contributed by atoms with E-state index >= 15 is 4.39 Å². The number of nitrogens with one attached hydrogen (secondary N) is 1. The van der Waals surface area contributed by atoms with Gasteiger partial charge in [-0.3, -0.25) is 15.3 Å². The number of carboxylic acids is 1. The lowest BCUT2D eigenvalue weighted by molar-refractivity contribution is 0.0692. The van der Waals surface area contributed by atoms with Gasteiger partial charge in [0, 0.05) is 23.9 Å². The molecule has 226 valence electrons. The highest BCUT2D eigenvalue weighted by atomic mass is 32.2. The zero-order valence-corrected chi connectivity index (χ0v) is 23.5. The lowest BCUT2D eigenvalue weighted by Crippen LogP contribution is -2.20. The van der Waals surface area contributed by atoms with Gasteiger partial charge in [0.1, 0.15) is 17.8 Å². The fraction of sp³-hybridized carbons (Fsp3) is 0.103. The summed E-state index contributed by atoms with van der Waals surface area (Å²) < 4.78 is 68.7. The summed E-state index contributed by atoms with van der Waals surface area (Å²) in [7, 11) is -2.69. The van der Waals surface area contributed by atoms with Gasteiger partial charge in [-0.1, -0.05) is 12.1 Å². The van der Waals surface area contributed by atoms with Gasteiger partial charge < -0.3 is 25.4 Å². The molecule has 0 amide bonds. The van der Waals surface area contributed by atoms with Crippen LogP contribution in [0.3, 0.4) is 0 Å². The smallest absolute Gasteiger partial charge is 0.337 e. The van der Waals surface area contributed by atoms with E-state index in [-0.39, 0.29) is 33.4 Å². The Balaban J connectivity index is 1.58. The first kappa shape index (κ1) is 30.1. The summed E-state index contributed by atoms with van der Waals surface area (Å²) in [6.07, 6.45) is 1.38. The highest BCUT2D eigenvalue weighted by molar-refractivity contribution is 7.91. The number of sulfone groups is 1. The number of benzene rings is 3. The number of rotatable bonds is 9. The van der Waals surface area contributed by atoms with Crippen LogP contribution in [0.15, 0.2) is 81.6 Å². The molecule has 0 spiro atoms. The molecule has 0 fully saturated rings. The van der Waals surface area contributed by atoms with Crippen molar-refractivity contribution in [1.82, 2.24) is 9.88 Å². The van der Waals surface area contributed by atoms with Crippen molar-refractivity contribution in [3.63, 3.8) is 0 Å². The Morgan fingerprint density at radius 1 is 1.09 bits per heavy atom. The summed E-state index contributed by atoms with van der Waals surface area (Å²) in [5.74, 6) is -7.05. The Kier molecular flexibility index (Phi) is 7.99. The topological polar surface area (TPSA) is 188 Å². The maximum absolute atomic E-state index is 15.6. The number of carbonyl (C=O) groups is 1. The van der Waals surface area contributed by atoms with Crippen LogP contribution in [0.1, 0.15) is 27.7 Å². The summed E-state index contributed by atoms with van der Waals surface area (Å²) in [5, 5.41) is 27.2. The van der Waals surface area contributed by atoms with Crippen LogP contribution in [0.25, 0.3) is 0 Å². The summed E-state index contributed by atoms with van der Waals surface area (Å²) in [5.41, 5.74) is 5.30. The standard InChI is InChI=1S/C29H23F2N5O7S/c1-36-11-10-34-27(36)18-13-16(44(40,41)23-5-3-2-4-17(23)29(38)39)7-9-21(18)42-25-19(30)14-35-28(24(25)31)43-22-12-15(26(32)33)6-8-20(22)37/h2-10,12-14,27,37H,11H2,1H3,(H3,32,33)(H,38,39). The minimum absolute atomic E-state index is 0.111. The quantitative estimate of drug-likeness (QED) is 0.153. The van der Waals surface area contributed by atoms with Gasteiger partial charge in [0.15, 0.2) is 17.3 Å². The van der Waals surface area contributed by atoms with Crippen LogP contribution in [-0.4, -0.2) is 60.1 Å². The fourth-order valence-electron chi connectivity index (χ4n) is 4.38. The van der Waals surface area contributed by atoms with E-state index in [9.17, 15) is 27.8 Å². The lowest BCUT2D eigenvalue weighted by Gasteiger charge is -2.22. The predicted molar refractivity (Wildman–Crippen MR) is 153 cm³/mol. The number of hydrogen-bond acceptors (Lipinski definition) is 10. The largest absolute Gasteiger partial charge is 0.504 e. The molecule has 5 rings (SSSR count). The third-order valence-corrected chi connectivity index (χ3v) is 8.41. The number of aromatic hydroxyl groups is 1. The first-order chi connectivity index (χ1) is 20.9. The zero-order valence-electron chi connectivity index (χ0n) is 22.7. The Hall–Kier alpha value is -5.41. The van der Waals surface area contributed by atoms with Crippen molar-refractivity contribution in [2.75, 3.05) is 13.6 Å². The van der Waals surface area contributed by atoms with Crippen molar-refractivity contribution >= 4 is 27.9 Å². The SMILES string of the molecule is CN1CC=NC1c1cc(S(=O)(=O)c2ccccc2C(=O)O)ccc1Oc1c(F)cnc(Oc2cc(C(=N)N)ccc2O)c1F. The van der Waals surface area contributed by atoms with Crippen LogP contribution in [0.5, 0.6) is 28.9 Å². The minimum atomic E-state index is -4.38. The van der Waals surface area contributed by atoms with Gasteiger partial charge in [-0.15, -0.1) is 0 Å². The molecule has 12 nitrogen and oxygen atoms in total. The molecule has 44 heavy (non-hydrogen) atoms. The van der Waals surface area contributed by atoms with Crippen LogP contribution >= 0.6 is 0 Å². The Labute approximate surface area is 249 Å². The Bertz CT molecular complexity index is 1950. The lowest BCUT2D eigenvalue weighted by atomic mass is 10.1. The molecule has 3 aromatic carbocycles. The number of aliphatic imine (C=N–C) groups is 1. The second-order valence-corrected chi connectivity index (χ2v) is 11.4. The van der Waals surface area contributed by atoms with Crippen molar-refractivity contribution < 1.29 is 41.7 Å². The molecule has 4 aromatic rings. The number of nitrogens with two attached hydrogens (primary N) is 1. The van der Waals surface area contributed by atoms with Crippen LogP contribution in [0.4, 0.5) is 8.78 Å². The van der Waals surface area contributed by atoms with Crippen LogP contribution in [-0.2, 0) is 9.84 Å². The molecule has 0 radical (unpaired) electrons. The molecule has 0 aliphatic carbocycles. The van der Waals surface area contributed by atoms with Crippen molar-refractivity contribution in [3.05, 3.63) is 95.2 Å². The number of aromatic carboxylic acids is 1. The summed E-state index contributed by atoms with van der Waals surface area (Å²) >= 11 is 0. The van der Waals surface area contributed by atoms with E-state index < -0.39 is 61.4 Å². The van der Waals surface area contributed by atoms with Crippen LogP contribution < -0.4 is 15.2 Å². The van der Waals surface area contributed by atoms with Gasteiger partial charge >= 0.3 is 5.97 Å². The molecule has 0 saturated heterocycles. The van der Waals surface area contributed by atoms with Crippen molar-refractivity contribution in [1.29, 1.82) is 5.41 Å². The Morgan fingerprint density at radius 3 is 2.52 bits per heavy atom. The minimum Gasteiger partial charge on any atom is -0.504 e. The average Bonchev–Trinajstić information content (AvgIpc) is 3.42. The number of halogens is 2. The van der Waals surface area contributed by atoms with Gasteiger partial charge in [-0.05, 0) is 55.6 Å². The van der Waals surface area contributed by atoms with E-state index in [1.165, 1.54) is 36.4 Å². The highest BCUT2D eigenvalue weighted by Crippen LogP contribution is 2.41. The van der Waals surface area contributed by atoms with Crippen LogP contribution in [0, 0.1) is 17.0 Å². The highest BCUT2D eigenvalue weighted by Gasteiger charge is 2.30. The number of nitrogens with zero attached hydrogens (tertiary/aromatic N) is 3. The molecule has 0 saturated carbocycles. The van der Waals surface area contributed by atoms with E-state index in [0.29, 0.717) is 12.7 Å². The first-order valence-electron chi connectivity index (χ1n) is 12.7. The monoisotopic (exact) mass is 623 g/mol. The summed E-state index contributed by atoms with van der Waals surface area (Å²) in [6.45, 7) is 0.377. The molecule has 2 heterocycles. The number of phenolic OH excluding ortho intramolecular Hbond substituents is 1. The first-order valence-corrected chi connectivity index (χ1v) is 14.2. The predicted octanol–water partition coefficient (Wildman–Crippen LogP) is 4.48. The van der Waals surface area contributed by atoms with Gasteiger partial charge in [-0.25, -0.2) is 22.6 Å². The number of carboxylic acid groups (broad SMARTS) is 1. The maximum Gasteiger partial charge on any atom is 0.337 e. The third-order valence-electron chi connectivity index (χ3n) is 6.60. The van der Waals surface area contributed by atoms with Gasteiger partial charge in [0.2, 0.25) is 21.4 Å². The fourth-order valence-corrected chi connectivity index (χ4v) is 5.86. The second-order valence-electron chi connectivity index (χ2n) is 9.50. The number of amidine groups is 1. The number of pyridine rings is 1. The van der Waals surface area contributed by atoms with E-state index in [0.717, 1.165) is 24.3 Å². The van der Waals surface area contributed by atoms with Crippen LogP contribution in [0.2, 0.25) is 0 Å². The molecule has 1 aliphatic rings. The number of hydrogen-bond donors (Lipinski definition) is 4. The molecule has 5 N–H and O–H groups in total. The maximum atomic E-state index is 15.6. The van der Waals surface area contributed by atoms with Gasteiger partial charge in [0.25, 0.3) is 5.88 Å². The molecular weight excluding hydrogens is 600 g/mol. The summed E-state index contributed by atoms with van der Waals surface area (Å²) in [6, 6.07) is 12.3. The molecule has 1 aliphatic heterocycles. The van der Waals surface area contributed by atoms with Crippen molar-refractivity contribution in [3.8, 4) is 28.9 Å². The molecule has 15 heteroatoms. The third kappa shape index (κ3) is 5.65. The molecule has 1 unspecified atom stereocenters. The number of aromatic nitrogens is 1. The van der Waals surface area contributed by atoms with Gasteiger partial charge in [-0.2, -0.15) is 4.39 Å². The van der Waals surface area contributed by atoms with E-state index in [1.807, 2.05) is 0 Å². The normalized spacial score (nSPS) is 14.8. The van der Waals surface area contributed by atoms with E-state index in [4.69, 9.17) is 20.6 Å². The number of phenols is 1. The molecule has 0 bridgehead atoms. The van der Waals surface area contributed by atoms with Crippen molar-refractivity contribution in [2.24, 2.45) is 10.7 Å².